The van der Waals surface area contributed by atoms with Crippen molar-refractivity contribution in [1.82, 2.24) is 14.6 Å². The van der Waals surface area contributed by atoms with E-state index in [0.29, 0.717) is 5.69 Å². The zero-order chi connectivity index (χ0) is 13.7. The third-order valence-corrected chi connectivity index (χ3v) is 2.55. The number of rotatable bonds is 0. The standard InChI is InChI=1S/C11H13F3N4/c1-10(2,3)7-4-8-16-5-6(15)9(11(12,13)14)18(8)17-7/h4-5H,15H2,1-3H3. The molecule has 0 bridgehead atoms. The van der Waals surface area contributed by atoms with Gasteiger partial charge in [0.25, 0.3) is 0 Å². The zero-order valence-corrected chi connectivity index (χ0v) is 10.2. The van der Waals surface area contributed by atoms with E-state index in [9.17, 15) is 13.2 Å². The fraction of sp³-hybridized carbons (Fsp3) is 0.455. The lowest BCUT2D eigenvalue weighted by Gasteiger charge is -2.14. The first-order chi connectivity index (χ1) is 8.10. The maximum Gasteiger partial charge on any atom is 0.435 e. The molecule has 4 nitrogen and oxygen atoms in total. The highest BCUT2D eigenvalue weighted by Gasteiger charge is 2.37. The van der Waals surface area contributed by atoms with Crippen LogP contribution < -0.4 is 5.73 Å². The van der Waals surface area contributed by atoms with Gasteiger partial charge >= 0.3 is 6.18 Å². The Morgan fingerprint density at radius 3 is 2.33 bits per heavy atom. The van der Waals surface area contributed by atoms with Crippen LogP contribution in [-0.4, -0.2) is 14.6 Å². The summed E-state index contributed by atoms with van der Waals surface area (Å²) in [6.07, 6.45) is -3.56. The normalized spacial score (nSPS) is 13.2. The molecule has 0 spiro atoms. The van der Waals surface area contributed by atoms with Crippen LogP contribution in [0.1, 0.15) is 32.2 Å². The van der Waals surface area contributed by atoms with Gasteiger partial charge in [0.05, 0.1) is 17.6 Å². The van der Waals surface area contributed by atoms with E-state index in [-0.39, 0.29) is 11.1 Å². The lowest BCUT2D eigenvalue weighted by molar-refractivity contribution is -0.142. The van der Waals surface area contributed by atoms with Gasteiger partial charge < -0.3 is 5.73 Å². The molecular weight excluding hydrogens is 245 g/mol. The Kier molecular flexibility index (Phi) is 2.53. The van der Waals surface area contributed by atoms with Crippen molar-refractivity contribution in [1.29, 1.82) is 0 Å². The summed E-state index contributed by atoms with van der Waals surface area (Å²) >= 11 is 0. The minimum Gasteiger partial charge on any atom is -0.396 e. The molecule has 0 amide bonds. The van der Waals surface area contributed by atoms with Crippen molar-refractivity contribution in [3.8, 4) is 0 Å². The number of nitrogen functional groups attached to an aromatic ring is 1. The lowest BCUT2D eigenvalue weighted by Crippen LogP contribution is -2.17. The average molecular weight is 258 g/mol. The summed E-state index contributed by atoms with van der Waals surface area (Å²) in [6, 6.07) is 1.54. The van der Waals surface area contributed by atoms with Crippen LogP contribution in [0.5, 0.6) is 0 Å². The van der Waals surface area contributed by atoms with Gasteiger partial charge in [0, 0.05) is 11.5 Å². The van der Waals surface area contributed by atoms with Gasteiger partial charge in [0.1, 0.15) is 0 Å². The topological polar surface area (TPSA) is 56.2 Å². The number of hydrogen-bond donors (Lipinski definition) is 1. The van der Waals surface area contributed by atoms with Crippen LogP contribution in [-0.2, 0) is 11.6 Å². The van der Waals surface area contributed by atoms with Gasteiger partial charge in [-0.3, -0.25) is 0 Å². The number of alkyl halides is 3. The van der Waals surface area contributed by atoms with Crippen LogP contribution in [0.3, 0.4) is 0 Å². The van der Waals surface area contributed by atoms with E-state index in [0.717, 1.165) is 10.7 Å². The molecule has 2 rings (SSSR count). The molecule has 2 aromatic heterocycles. The van der Waals surface area contributed by atoms with Gasteiger partial charge in [0.2, 0.25) is 0 Å². The van der Waals surface area contributed by atoms with E-state index in [4.69, 9.17) is 5.73 Å². The molecule has 98 valence electrons. The minimum absolute atomic E-state index is 0.140. The van der Waals surface area contributed by atoms with E-state index in [1.807, 2.05) is 20.8 Å². The number of halogens is 3. The van der Waals surface area contributed by atoms with Crippen LogP contribution in [0, 0.1) is 0 Å². The van der Waals surface area contributed by atoms with Crippen LogP contribution in [0.4, 0.5) is 18.9 Å². The summed E-state index contributed by atoms with van der Waals surface area (Å²) in [5.41, 5.74) is 4.25. The Morgan fingerprint density at radius 1 is 1.22 bits per heavy atom. The second-order valence-electron chi connectivity index (χ2n) is 5.11. The molecule has 0 aliphatic rings. The Labute approximate surface area is 102 Å². The van der Waals surface area contributed by atoms with Crippen LogP contribution in [0.25, 0.3) is 5.65 Å². The van der Waals surface area contributed by atoms with Crippen LogP contribution in [0.2, 0.25) is 0 Å². The molecule has 0 aromatic carbocycles. The predicted octanol–water partition coefficient (Wildman–Crippen LogP) is 2.63. The smallest absolute Gasteiger partial charge is 0.396 e. The minimum atomic E-state index is -4.56. The molecular formula is C11H13F3N4. The number of hydrogen-bond acceptors (Lipinski definition) is 3. The van der Waals surface area contributed by atoms with Crippen molar-refractivity contribution in [2.45, 2.75) is 32.4 Å². The fourth-order valence-electron chi connectivity index (χ4n) is 1.60. The Morgan fingerprint density at radius 2 is 1.83 bits per heavy atom. The summed E-state index contributed by atoms with van der Waals surface area (Å²) in [4.78, 5) is 3.86. The summed E-state index contributed by atoms with van der Waals surface area (Å²) in [5, 5.41) is 3.97. The zero-order valence-electron chi connectivity index (χ0n) is 10.2. The Balaban J connectivity index is 2.78. The highest BCUT2D eigenvalue weighted by atomic mass is 19.4. The fourth-order valence-corrected chi connectivity index (χ4v) is 1.60. The summed E-state index contributed by atoms with van der Waals surface area (Å²) in [5.74, 6) is 0. The highest BCUT2D eigenvalue weighted by molar-refractivity contribution is 5.51. The van der Waals surface area contributed by atoms with Gasteiger partial charge in [-0.05, 0) is 0 Å². The molecule has 0 unspecified atom stereocenters. The molecule has 2 heterocycles. The monoisotopic (exact) mass is 258 g/mol. The number of aromatic nitrogens is 3. The molecule has 18 heavy (non-hydrogen) atoms. The van der Waals surface area contributed by atoms with E-state index in [2.05, 4.69) is 10.1 Å². The summed E-state index contributed by atoms with van der Waals surface area (Å²) in [6.45, 7) is 5.60. The molecule has 2 aromatic rings. The van der Waals surface area contributed by atoms with Crippen molar-refractivity contribution in [3.05, 3.63) is 23.7 Å². The Bertz CT molecular complexity index is 593. The van der Waals surface area contributed by atoms with E-state index < -0.39 is 17.6 Å². The second-order valence-corrected chi connectivity index (χ2v) is 5.11. The molecule has 0 fully saturated rings. The maximum absolute atomic E-state index is 12.9. The van der Waals surface area contributed by atoms with Crippen molar-refractivity contribution in [3.63, 3.8) is 0 Å². The number of fused-ring (bicyclic) bond motifs is 1. The second kappa shape index (κ2) is 3.60. The quantitative estimate of drug-likeness (QED) is 0.790. The molecule has 0 saturated carbocycles. The third kappa shape index (κ3) is 2.00. The molecule has 0 aliphatic carbocycles. The van der Waals surface area contributed by atoms with E-state index in [1.165, 1.54) is 6.07 Å². The van der Waals surface area contributed by atoms with Crippen LogP contribution >= 0.6 is 0 Å². The van der Waals surface area contributed by atoms with Crippen molar-refractivity contribution in [2.24, 2.45) is 0 Å². The SMILES string of the molecule is CC(C)(C)c1cc2ncc(N)c(C(F)(F)F)n2n1. The predicted molar refractivity (Wildman–Crippen MR) is 61.1 cm³/mol. The van der Waals surface area contributed by atoms with Gasteiger partial charge in [-0.25, -0.2) is 9.50 Å². The average Bonchev–Trinajstić information content (AvgIpc) is 2.57. The van der Waals surface area contributed by atoms with Crippen LogP contribution in [0.15, 0.2) is 12.3 Å². The molecule has 2 N–H and O–H groups in total. The Hall–Kier alpha value is -1.79. The van der Waals surface area contributed by atoms with Crippen molar-refractivity contribution >= 4 is 11.3 Å². The van der Waals surface area contributed by atoms with Crippen molar-refractivity contribution < 1.29 is 13.2 Å². The largest absolute Gasteiger partial charge is 0.435 e. The molecule has 0 saturated heterocycles. The van der Waals surface area contributed by atoms with Gasteiger partial charge in [-0.1, -0.05) is 20.8 Å². The maximum atomic E-state index is 12.9. The lowest BCUT2D eigenvalue weighted by atomic mass is 9.93. The molecule has 0 atom stereocenters. The highest BCUT2D eigenvalue weighted by Crippen LogP contribution is 2.34. The summed E-state index contributed by atoms with van der Waals surface area (Å²) in [7, 11) is 0. The first-order valence-electron chi connectivity index (χ1n) is 5.32. The number of nitrogens with zero attached hydrogens (tertiary/aromatic N) is 3. The first kappa shape index (κ1) is 12.7. The molecule has 7 heteroatoms. The van der Waals surface area contributed by atoms with E-state index in [1.54, 1.807) is 0 Å². The summed E-state index contributed by atoms with van der Waals surface area (Å²) < 4.78 is 39.5. The third-order valence-electron chi connectivity index (χ3n) is 2.55. The number of anilines is 1. The van der Waals surface area contributed by atoms with Crippen molar-refractivity contribution in [2.75, 3.05) is 5.73 Å². The molecule has 0 aliphatic heterocycles. The van der Waals surface area contributed by atoms with E-state index >= 15 is 0 Å². The van der Waals surface area contributed by atoms with Gasteiger partial charge in [-0.2, -0.15) is 18.3 Å². The van der Waals surface area contributed by atoms with Gasteiger partial charge in [-0.15, -0.1) is 0 Å². The van der Waals surface area contributed by atoms with Gasteiger partial charge in [0.15, 0.2) is 11.3 Å². The molecule has 0 radical (unpaired) electrons. The first-order valence-corrected chi connectivity index (χ1v) is 5.32. The number of nitrogens with two attached hydrogens (primary N) is 1.